The van der Waals surface area contributed by atoms with Crippen molar-refractivity contribution < 1.29 is 14.3 Å². The molecular formula is C22H22N4O3. The summed E-state index contributed by atoms with van der Waals surface area (Å²) in [5, 5.41) is 3.39. The van der Waals surface area contributed by atoms with Crippen LogP contribution in [0.25, 0.3) is 0 Å². The zero-order chi connectivity index (χ0) is 19.8. The second-order valence-electron chi connectivity index (χ2n) is 7.39. The highest BCUT2D eigenvalue weighted by molar-refractivity contribution is 6.11. The molecule has 0 spiro atoms. The average molecular weight is 390 g/mol. The van der Waals surface area contributed by atoms with Crippen molar-refractivity contribution in [2.24, 2.45) is 10.9 Å². The van der Waals surface area contributed by atoms with Crippen LogP contribution in [0, 0.1) is 5.92 Å². The highest BCUT2D eigenvalue weighted by Gasteiger charge is 2.33. The summed E-state index contributed by atoms with van der Waals surface area (Å²) in [6.07, 6.45) is 7.26. The van der Waals surface area contributed by atoms with Gasteiger partial charge in [-0.15, -0.1) is 0 Å². The number of ether oxygens (including phenoxy) is 2. The van der Waals surface area contributed by atoms with Gasteiger partial charge in [0.2, 0.25) is 0 Å². The molecule has 1 aromatic carbocycles. The Morgan fingerprint density at radius 2 is 2.24 bits per heavy atom. The Labute approximate surface area is 169 Å². The molecule has 1 aliphatic carbocycles. The maximum absolute atomic E-state index is 12.7. The molecule has 1 fully saturated rings. The van der Waals surface area contributed by atoms with Gasteiger partial charge in [0.25, 0.3) is 0 Å². The standard InChI is InChI=1S/C22H22N4O3/c1-28-21-18(29-13-14-4-5-14)7-6-16-20(21)25-19(26-10-9-24-22(16)26)11-17(27)15-3-2-8-23-12-15/h2-3,6-8,11-12,14,25H,4-5,9-10,13H2,1H3. The summed E-state index contributed by atoms with van der Waals surface area (Å²) in [5.74, 6) is 3.39. The van der Waals surface area contributed by atoms with Crippen molar-refractivity contribution in [3.8, 4) is 11.5 Å². The first-order valence-corrected chi connectivity index (χ1v) is 9.84. The molecule has 7 heteroatoms. The lowest BCUT2D eigenvalue weighted by atomic mass is 10.1. The molecule has 3 aliphatic rings. The molecule has 1 N–H and O–H groups in total. The van der Waals surface area contributed by atoms with Crippen LogP contribution in [0.1, 0.15) is 28.8 Å². The normalized spacial score (nSPS) is 18.6. The van der Waals surface area contributed by atoms with Crippen LogP contribution in [0.4, 0.5) is 5.69 Å². The van der Waals surface area contributed by atoms with Crippen LogP contribution in [0.5, 0.6) is 11.5 Å². The number of nitrogens with zero attached hydrogens (tertiary/aromatic N) is 3. The van der Waals surface area contributed by atoms with Gasteiger partial charge in [0.15, 0.2) is 17.3 Å². The first kappa shape index (κ1) is 17.7. The summed E-state index contributed by atoms with van der Waals surface area (Å²) in [6.45, 7) is 2.09. The monoisotopic (exact) mass is 390 g/mol. The number of allylic oxidation sites excluding steroid dienone is 1. The van der Waals surface area contributed by atoms with Crippen molar-refractivity contribution in [2.45, 2.75) is 12.8 Å². The van der Waals surface area contributed by atoms with Crippen LogP contribution >= 0.6 is 0 Å². The summed E-state index contributed by atoms with van der Waals surface area (Å²) in [4.78, 5) is 23.5. The fraction of sp³-hybridized carbons (Fsp3) is 0.318. The molecule has 1 aromatic heterocycles. The summed E-state index contributed by atoms with van der Waals surface area (Å²) in [6, 6.07) is 7.46. The number of anilines is 1. The van der Waals surface area contributed by atoms with Gasteiger partial charge < -0.3 is 19.7 Å². The largest absolute Gasteiger partial charge is 0.491 e. The quantitative estimate of drug-likeness (QED) is 0.603. The van der Waals surface area contributed by atoms with E-state index in [0.29, 0.717) is 42.0 Å². The van der Waals surface area contributed by atoms with Gasteiger partial charge in [-0.05, 0) is 43.0 Å². The number of benzene rings is 1. The first-order valence-electron chi connectivity index (χ1n) is 9.84. The number of ketones is 1. The van der Waals surface area contributed by atoms with E-state index in [9.17, 15) is 4.79 Å². The van der Waals surface area contributed by atoms with Crippen LogP contribution in [-0.2, 0) is 0 Å². The number of hydrogen-bond donors (Lipinski definition) is 1. The molecule has 29 heavy (non-hydrogen) atoms. The number of methoxy groups -OCH3 is 1. The number of amidine groups is 1. The number of aliphatic imine (C=N–C) groups is 1. The molecule has 2 aliphatic heterocycles. The highest BCUT2D eigenvalue weighted by Crippen LogP contribution is 2.43. The number of fused-ring (bicyclic) bond motifs is 3. The van der Waals surface area contributed by atoms with Crippen molar-refractivity contribution in [1.82, 2.24) is 9.88 Å². The minimum absolute atomic E-state index is 0.115. The lowest BCUT2D eigenvalue weighted by Crippen LogP contribution is -2.36. The number of pyridine rings is 1. The molecule has 0 amide bonds. The third-order valence-corrected chi connectivity index (χ3v) is 5.34. The summed E-state index contributed by atoms with van der Waals surface area (Å²) in [5.41, 5.74) is 2.27. The molecular weight excluding hydrogens is 368 g/mol. The molecule has 7 nitrogen and oxygen atoms in total. The van der Waals surface area contributed by atoms with E-state index >= 15 is 0 Å². The molecule has 148 valence electrons. The maximum atomic E-state index is 12.7. The Morgan fingerprint density at radius 3 is 3.00 bits per heavy atom. The van der Waals surface area contributed by atoms with E-state index in [4.69, 9.17) is 9.47 Å². The van der Waals surface area contributed by atoms with Crippen molar-refractivity contribution in [1.29, 1.82) is 0 Å². The Kier molecular flexibility index (Phi) is 4.42. The number of carbonyl (C=O) groups is 1. The van der Waals surface area contributed by atoms with Gasteiger partial charge in [-0.25, -0.2) is 0 Å². The predicted molar refractivity (Wildman–Crippen MR) is 110 cm³/mol. The van der Waals surface area contributed by atoms with E-state index in [-0.39, 0.29) is 5.78 Å². The fourth-order valence-corrected chi connectivity index (χ4v) is 3.62. The van der Waals surface area contributed by atoms with Gasteiger partial charge in [-0.2, -0.15) is 0 Å². The highest BCUT2D eigenvalue weighted by atomic mass is 16.5. The molecule has 2 aromatic rings. The minimum Gasteiger partial charge on any atom is -0.491 e. The third-order valence-electron chi connectivity index (χ3n) is 5.34. The van der Waals surface area contributed by atoms with E-state index < -0.39 is 0 Å². The number of nitrogens with one attached hydrogen (secondary N) is 1. The smallest absolute Gasteiger partial charge is 0.191 e. The van der Waals surface area contributed by atoms with E-state index in [1.54, 1.807) is 37.7 Å². The van der Waals surface area contributed by atoms with Crippen LogP contribution in [0.3, 0.4) is 0 Å². The van der Waals surface area contributed by atoms with Crippen LogP contribution in [0.15, 0.2) is 53.5 Å². The molecule has 0 atom stereocenters. The Morgan fingerprint density at radius 1 is 1.34 bits per heavy atom. The molecule has 5 rings (SSSR count). The number of hydrogen-bond acceptors (Lipinski definition) is 7. The third kappa shape index (κ3) is 3.33. The second-order valence-corrected chi connectivity index (χ2v) is 7.39. The van der Waals surface area contributed by atoms with Crippen LogP contribution < -0.4 is 14.8 Å². The van der Waals surface area contributed by atoms with Gasteiger partial charge in [-0.3, -0.25) is 14.8 Å². The topological polar surface area (TPSA) is 76.1 Å². The molecule has 3 heterocycles. The summed E-state index contributed by atoms with van der Waals surface area (Å²) >= 11 is 0. The lowest BCUT2D eigenvalue weighted by molar-refractivity contribution is 0.104. The minimum atomic E-state index is -0.115. The van der Waals surface area contributed by atoms with Crippen molar-refractivity contribution in [3.63, 3.8) is 0 Å². The zero-order valence-electron chi connectivity index (χ0n) is 16.2. The Balaban J connectivity index is 1.52. The summed E-state index contributed by atoms with van der Waals surface area (Å²) < 4.78 is 11.7. The molecule has 0 unspecified atom stereocenters. The van der Waals surface area contributed by atoms with Crippen molar-refractivity contribution in [3.05, 3.63) is 59.7 Å². The lowest BCUT2D eigenvalue weighted by Gasteiger charge is -2.32. The van der Waals surface area contributed by atoms with Gasteiger partial charge in [-0.1, -0.05) is 0 Å². The van der Waals surface area contributed by atoms with E-state index in [1.807, 2.05) is 17.0 Å². The van der Waals surface area contributed by atoms with Gasteiger partial charge in [0.1, 0.15) is 11.7 Å². The molecule has 0 radical (unpaired) electrons. The molecule has 1 saturated carbocycles. The Hall–Kier alpha value is -3.35. The summed E-state index contributed by atoms with van der Waals surface area (Å²) in [7, 11) is 1.63. The fourth-order valence-electron chi connectivity index (χ4n) is 3.62. The molecule has 0 bridgehead atoms. The van der Waals surface area contributed by atoms with Crippen molar-refractivity contribution in [2.75, 3.05) is 32.1 Å². The number of aromatic nitrogens is 1. The van der Waals surface area contributed by atoms with Crippen molar-refractivity contribution >= 4 is 17.3 Å². The van der Waals surface area contributed by atoms with Gasteiger partial charge >= 0.3 is 0 Å². The Bertz CT molecular complexity index is 1010. The first-order chi connectivity index (χ1) is 14.2. The number of rotatable bonds is 6. The van der Waals surface area contributed by atoms with E-state index in [0.717, 1.165) is 23.6 Å². The average Bonchev–Trinajstić information content (AvgIpc) is 3.45. The number of carbonyl (C=O) groups excluding carboxylic acids is 1. The maximum Gasteiger partial charge on any atom is 0.191 e. The predicted octanol–water partition coefficient (Wildman–Crippen LogP) is 3.09. The zero-order valence-corrected chi connectivity index (χ0v) is 16.2. The van der Waals surface area contributed by atoms with E-state index in [2.05, 4.69) is 15.3 Å². The SMILES string of the molecule is COc1c(OCC2CC2)ccc2c1NC(=CC(=O)c1cccnc1)N1CCN=C21. The van der Waals surface area contributed by atoms with E-state index in [1.165, 1.54) is 12.8 Å². The second kappa shape index (κ2) is 7.24. The van der Waals surface area contributed by atoms with Gasteiger partial charge in [0.05, 0.1) is 25.9 Å². The van der Waals surface area contributed by atoms with Crippen LogP contribution in [0.2, 0.25) is 0 Å². The molecule has 0 saturated heterocycles. The van der Waals surface area contributed by atoms with Gasteiger partial charge in [0, 0.05) is 36.1 Å². The van der Waals surface area contributed by atoms with Crippen LogP contribution in [-0.4, -0.2) is 48.3 Å².